The second-order valence-corrected chi connectivity index (χ2v) is 6.08. The van der Waals surface area contributed by atoms with Crippen molar-refractivity contribution < 1.29 is 9.84 Å². The standard InChI is InChI=1S/C17H24N2O2/c1-3-17(2,20)13-19-9-7-15(8-10-19)21-16-6-4-5-14(11-16)12-18/h4-6,11,15,20H,3,7-10,13H2,1-2H3. The molecule has 4 heteroatoms. The molecule has 0 aliphatic carbocycles. The van der Waals surface area contributed by atoms with Crippen LogP contribution in [0, 0.1) is 11.3 Å². The van der Waals surface area contributed by atoms with Crippen molar-refractivity contribution in [1.29, 1.82) is 5.26 Å². The summed E-state index contributed by atoms with van der Waals surface area (Å²) >= 11 is 0. The van der Waals surface area contributed by atoms with Crippen molar-refractivity contribution in [3.05, 3.63) is 29.8 Å². The minimum Gasteiger partial charge on any atom is -0.490 e. The van der Waals surface area contributed by atoms with Gasteiger partial charge in [0.15, 0.2) is 0 Å². The molecule has 0 saturated carbocycles. The Morgan fingerprint density at radius 3 is 2.76 bits per heavy atom. The first-order valence-corrected chi connectivity index (χ1v) is 7.64. The van der Waals surface area contributed by atoms with Crippen LogP contribution in [0.4, 0.5) is 0 Å². The summed E-state index contributed by atoms with van der Waals surface area (Å²) in [5.41, 5.74) is 0.0263. The molecule has 1 unspecified atom stereocenters. The third-order valence-electron chi connectivity index (χ3n) is 4.13. The van der Waals surface area contributed by atoms with E-state index in [1.807, 2.05) is 26.0 Å². The van der Waals surface area contributed by atoms with Crippen molar-refractivity contribution in [2.75, 3.05) is 19.6 Å². The summed E-state index contributed by atoms with van der Waals surface area (Å²) < 4.78 is 5.96. The van der Waals surface area contributed by atoms with Gasteiger partial charge in [-0.25, -0.2) is 0 Å². The van der Waals surface area contributed by atoms with Crippen molar-refractivity contribution in [3.8, 4) is 11.8 Å². The zero-order chi connectivity index (χ0) is 15.3. The number of piperidine rings is 1. The smallest absolute Gasteiger partial charge is 0.121 e. The Morgan fingerprint density at radius 2 is 2.14 bits per heavy atom. The topological polar surface area (TPSA) is 56.5 Å². The average molecular weight is 288 g/mol. The lowest BCUT2D eigenvalue weighted by molar-refractivity contribution is -0.00118. The first kappa shape index (κ1) is 15.8. The van der Waals surface area contributed by atoms with Crippen LogP contribution in [0.1, 0.15) is 38.7 Å². The molecule has 1 saturated heterocycles. The molecule has 1 aromatic rings. The van der Waals surface area contributed by atoms with Gasteiger partial charge >= 0.3 is 0 Å². The van der Waals surface area contributed by atoms with Crippen LogP contribution in [0.25, 0.3) is 0 Å². The number of rotatable bonds is 5. The van der Waals surface area contributed by atoms with Crippen LogP contribution in [0.5, 0.6) is 5.75 Å². The fourth-order valence-electron chi connectivity index (χ4n) is 2.61. The molecule has 1 N–H and O–H groups in total. The summed E-state index contributed by atoms with van der Waals surface area (Å²) in [6.07, 6.45) is 2.87. The second-order valence-electron chi connectivity index (χ2n) is 6.08. The van der Waals surface area contributed by atoms with E-state index in [2.05, 4.69) is 11.0 Å². The van der Waals surface area contributed by atoms with Gasteiger partial charge in [-0.15, -0.1) is 0 Å². The zero-order valence-corrected chi connectivity index (χ0v) is 12.9. The zero-order valence-electron chi connectivity index (χ0n) is 12.9. The first-order valence-electron chi connectivity index (χ1n) is 7.64. The lowest BCUT2D eigenvalue weighted by Gasteiger charge is -2.36. The highest BCUT2D eigenvalue weighted by Gasteiger charge is 2.26. The highest BCUT2D eigenvalue weighted by atomic mass is 16.5. The molecule has 4 nitrogen and oxygen atoms in total. The molecule has 1 heterocycles. The van der Waals surface area contributed by atoms with E-state index in [-0.39, 0.29) is 6.10 Å². The molecule has 114 valence electrons. The third-order valence-corrected chi connectivity index (χ3v) is 4.13. The maximum atomic E-state index is 10.1. The summed E-state index contributed by atoms with van der Waals surface area (Å²) in [5, 5.41) is 19.0. The normalized spacial score (nSPS) is 19.7. The fraction of sp³-hybridized carbons (Fsp3) is 0.588. The van der Waals surface area contributed by atoms with Gasteiger partial charge in [0.1, 0.15) is 11.9 Å². The third kappa shape index (κ3) is 4.73. The van der Waals surface area contributed by atoms with Gasteiger partial charge in [-0.1, -0.05) is 13.0 Å². The van der Waals surface area contributed by atoms with E-state index in [4.69, 9.17) is 10.00 Å². The molecule has 21 heavy (non-hydrogen) atoms. The fourth-order valence-corrected chi connectivity index (χ4v) is 2.61. The molecule has 1 aliphatic rings. The van der Waals surface area contributed by atoms with Crippen LogP contribution in [-0.4, -0.2) is 41.3 Å². The molecule has 2 rings (SSSR count). The largest absolute Gasteiger partial charge is 0.490 e. The van der Waals surface area contributed by atoms with Crippen LogP contribution in [0.15, 0.2) is 24.3 Å². The molecular weight excluding hydrogens is 264 g/mol. The van der Waals surface area contributed by atoms with Crippen molar-refractivity contribution >= 4 is 0 Å². The summed E-state index contributed by atoms with van der Waals surface area (Å²) in [7, 11) is 0. The van der Waals surface area contributed by atoms with Gasteiger partial charge in [0.05, 0.1) is 17.2 Å². The van der Waals surface area contributed by atoms with E-state index in [0.717, 1.165) is 44.6 Å². The summed E-state index contributed by atoms with van der Waals surface area (Å²) in [5.74, 6) is 0.771. The SMILES string of the molecule is CCC(C)(O)CN1CCC(Oc2cccc(C#N)c2)CC1. The van der Waals surface area contributed by atoms with Gasteiger partial charge in [0, 0.05) is 19.6 Å². The van der Waals surface area contributed by atoms with Crippen LogP contribution in [-0.2, 0) is 0 Å². The molecule has 1 fully saturated rings. The maximum absolute atomic E-state index is 10.1. The lowest BCUT2D eigenvalue weighted by atomic mass is 10.0. The van der Waals surface area contributed by atoms with Crippen LogP contribution < -0.4 is 4.74 Å². The number of benzene rings is 1. The summed E-state index contributed by atoms with van der Waals surface area (Å²) in [6, 6.07) is 9.44. The van der Waals surface area contributed by atoms with Crippen molar-refractivity contribution in [2.24, 2.45) is 0 Å². The Labute approximate surface area is 127 Å². The molecule has 0 spiro atoms. The number of likely N-dealkylation sites (tertiary alicyclic amines) is 1. The number of nitrogens with zero attached hydrogens (tertiary/aromatic N) is 2. The maximum Gasteiger partial charge on any atom is 0.121 e. The molecule has 1 atom stereocenters. The van der Waals surface area contributed by atoms with Gasteiger partial charge in [0.2, 0.25) is 0 Å². The molecule has 1 aromatic carbocycles. The van der Waals surface area contributed by atoms with E-state index in [0.29, 0.717) is 5.56 Å². The van der Waals surface area contributed by atoms with Crippen molar-refractivity contribution in [2.45, 2.75) is 44.8 Å². The number of nitriles is 1. The summed E-state index contributed by atoms with van der Waals surface area (Å²) in [6.45, 7) is 6.51. The highest BCUT2D eigenvalue weighted by molar-refractivity contribution is 5.36. The Bertz CT molecular complexity index is 500. The van der Waals surface area contributed by atoms with Crippen LogP contribution in [0.2, 0.25) is 0 Å². The first-order chi connectivity index (χ1) is 10.0. The van der Waals surface area contributed by atoms with E-state index in [9.17, 15) is 5.11 Å². The van der Waals surface area contributed by atoms with E-state index >= 15 is 0 Å². The Morgan fingerprint density at radius 1 is 1.43 bits per heavy atom. The van der Waals surface area contributed by atoms with Crippen molar-refractivity contribution in [1.82, 2.24) is 4.90 Å². The molecule has 0 aromatic heterocycles. The Balaban J connectivity index is 1.83. The predicted molar refractivity (Wildman–Crippen MR) is 82.2 cm³/mol. The lowest BCUT2D eigenvalue weighted by Crippen LogP contribution is -2.46. The number of β-amino-alcohol motifs (C(OH)–C–C–N with tert-alkyl or cyclic N) is 1. The second kappa shape index (κ2) is 6.93. The van der Waals surface area contributed by atoms with E-state index in [1.165, 1.54) is 0 Å². The minimum absolute atomic E-state index is 0.196. The number of aliphatic hydroxyl groups is 1. The van der Waals surface area contributed by atoms with Crippen molar-refractivity contribution in [3.63, 3.8) is 0 Å². The quantitative estimate of drug-likeness (QED) is 0.904. The van der Waals surface area contributed by atoms with Gasteiger partial charge < -0.3 is 14.7 Å². The Hall–Kier alpha value is -1.57. The van der Waals surface area contributed by atoms with Gasteiger partial charge in [-0.3, -0.25) is 0 Å². The average Bonchev–Trinajstić information content (AvgIpc) is 2.49. The minimum atomic E-state index is -0.602. The molecule has 0 bridgehead atoms. The highest BCUT2D eigenvalue weighted by Crippen LogP contribution is 2.21. The predicted octanol–water partition coefficient (Wildman–Crippen LogP) is 2.56. The molecule has 0 amide bonds. The van der Waals surface area contributed by atoms with Crippen LogP contribution in [0.3, 0.4) is 0 Å². The van der Waals surface area contributed by atoms with E-state index < -0.39 is 5.60 Å². The Kier molecular flexibility index (Phi) is 5.22. The number of hydrogen-bond donors (Lipinski definition) is 1. The summed E-state index contributed by atoms with van der Waals surface area (Å²) in [4.78, 5) is 2.30. The van der Waals surface area contributed by atoms with Gasteiger partial charge in [-0.2, -0.15) is 5.26 Å². The molecule has 0 radical (unpaired) electrons. The molecule has 1 aliphatic heterocycles. The van der Waals surface area contributed by atoms with Gasteiger partial charge in [-0.05, 0) is 44.4 Å². The number of ether oxygens (including phenoxy) is 1. The van der Waals surface area contributed by atoms with E-state index in [1.54, 1.807) is 12.1 Å². The number of hydrogen-bond acceptors (Lipinski definition) is 4. The monoisotopic (exact) mass is 288 g/mol. The van der Waals surface area contributed by atoms with Crippen LogP contribution >= 0.6 is 0 Å². The molecular formula is C17H24N2O2. The van der Waals surface area contributed by atoms with Gasteiger partial charge in [0.25, 0.3) is 0 Å².